The van der Waals surface area contributed by atoms with Gasteiger partial charge >= 0.3 is 5.97 Å². The maximum Gasteiger partial charge on any atom is 0.350 e. The first kappa shape index (κ1) is 14.4. The van der Waals surface area contributed by atoms with Crippen LogP contribution in [0.2, 0.25) is 5.02 Å². The van der Waals surface area contributed by atoms with Crippen molar-refractivity contribution in [2.45, 2.75) is 6.92 Å². The lowest BCUT2D eigenvalue weighted by Gasteiger charge is -2.03. The van der Waals surface area contributed by atoms with Crippen LogP contribution in [-0.2, 0) is 4.74 Å². The normalized spacial score (nSPS) is 10.5. The van der Waals surface area contributed by atoms with Crippen LogP contribution in [0.3, 0.4) is 0 Å². The molecule has 1 aromatic carbocycles. The summed E-state index contributed by atoms with van der Waals surface area (Å²) in [7, 11) is 1.34. The van der Waals surface area contributed by atoms with Crippen LogP contribution in [0.1, 0.15) is 15.2 Å². The molecule has 0 atom stereocenters. The Morgan fingerprint density at radius 1 is 1.47 bits per heavy atom. The fourth-order valence-corrected chi connectivity index (χ4v) is 3.71. The van der Waals surface area contributed by atoms with E-state index in [0.717, 1.165) is 20.5 Å². The van der Waals surface area contributed by atoms with Gasteiger partial charge in [0.05, 0.1) is 17.8 Å². The number of nitrogen functional groups attached to an aromatic ring is 1. The second-order valence-corrected chi connectivity index (χ2v) is 6.26. The molecule has 100 valence electrons. The summed E-state index contributed by atoms with van der Waals surface area (Å²) in [6.45, 7) is 1.87. The van der Waals surface area contributed by atoms with Crippen LogP contribution in [0.15, 0.2) is 22.7 Å². The van der Waals surface area contributed by atoms with Crippen molar-refractivity contribution in [2.24, 2.45) is 0 Å². The molecule has 0 aliphatic rings. The second-order valence-electron chi connectivity index (χ2n) is 3.91. The van der Waals surface area contributed by atoms with E-state index >= 15 is 0 Å². The minimum Gasteiger partial charge on any atom is -0.465 e. The van der Waals surface area contributed by atoms with Crippen LogP contribution in [0, 0.1) is 6.92 Å². The molecule has 0 fully saturated rings. The lowest BCUT2D eigenvalue weighted by atomic mass is 10.1. The van der Waals surface area contributed by atoms with Crippen LogP contribution in [0.4, 0.5) is 5.69 Å². The topological polar surface area (TPSA) is 52.3 Å². The molecule has 0 radical (unpaired) electrons. The summed E-state index contributed by atoms with van der Waals surface area (Å²) in [6, 6.07) is 5.60. The third-order valence-corrected chi connectivity index (χ3v) is 4.87. The molecule has 1 aromatic heterocycles. The highest BCUT2D eigenvalue weighted by Gasteiger charge is 2.21. The van der Waals surface area contributed by atoms with Crippen molar-refractivity contribution in [3.63, 3.8) is 0 Å². The average molecular weight is 361 g/mol. The van der Waals surface area contributed by atoms with Crippen molar-refractivity contribution in [3.8, 4) is 10.4 Å². The predicted octanol–water partition coefficient (Wildman–Crippen LogP) is 4.51. The van der Waals surface area contributed by atoms with E-state index in [1.807, 2.05) is 25.1 Å². The molecule has 0 saturated carbocycles. The Labute approximate surface area is 128 Å². The highest BCUT2D eigenvalue weighted by molar-refractivity contribution is 9.10. The first-order valence-electron chi connectivity index (χ1n) is 5.38. The summed E-state index contributed by atoms with van der Waals surface area (Å²) in [4.78, 5) is 12.9. The summed E-state index contributed by atoms with van der Waals surface area (Å²) >= 11 is 10.9. The van der Waals surface area contributed by atoms with Crippen LogP contribution in [0.5, 0.6) is 0 Å². The molecule has 0 saturated heterocycles. The second kappa shape index (κ2) is 5.53. The van der Waals surface area contributed by atoms with E-state index in [2.05, 4.69) is 15.9 Å². The number of anilines is 1. The van der Waals surface area contributed by atoms with Crippen LogP contribution in [-0.4, -0.2) is 13.1 Å². The Morgan fingerprint density at radius 2 is 2.16 bits per heavy atom. The van der Waals surface area contributed by atoms with Gasteiger partial charge in [0.15, 0.2) is 0 Å². The first-order valence-corrected chi connectivity index (χ1v) is 7.37. The van der Waals surface area contributed by atoms with E-state index in [-0.39, 0.29) is 0 Å². The zero-order valence-electron chi connectivity index (χ0n) is 10.3. The van der Waals surface area contributed by atoms with Crippen molar-refractivity contribution in [1.29, 1.82) is 0 Å². The fraction of sp³-hybridized carbons (Fsp3) is 0.154. The van der Waals surface area contributed by atoms with Gasteiger partial charge in [-0.05, 0) is 24.6 Å². The van der Waals surface area contributed by atoms with Crippen molar-refractivity contribution in [2.75, 3.05) is 12.8 Å². The Bertz CT molecular complexity index is 654. The molecule has 0 spiro atoms. The minimum absolute atomic E-state index is 0.411. The van der Waals surface area contributed by atoms with Gasteiger partial charge in [-0.3, -0.25) is 0 Å². The van der Waals surface area contributed by atoms with E-state index in [0.29, 0.717) is 15.6 Å². The molecular weight excluding hydrogens is 350 g/mol. The van der Waals surface area contributed by atoms with Crippen LogP contribution in [0.25, 0.3) is 10.4 Å². The Morgan fingerprint density at radius 3 is 2.74 bits per heavy atom. The summed E-state index contributed by atoms with van der Waals surface area (Å²) < 4.78 is 5.62. The predicted molar refractivity (Wildman–Crippen MR) is 83.0 cm³/mol. The highest BCUT2D eigenvalue weighted by atomic mass is 79.9. The first-order chi connectivity index (χ1) is 8.95. The molecule has 2 rings (SSSR count). The van der Waals surface area contributed by atoms with Gasteiger partial charge in [0, 0.05) is 14.9 Å². The molecule has 0 bridgehead atoms. The third-order valence-electron chi connectivity index (χ3n) is 2.74. The molecule has 0 unspecified atom stereocenters. The molecule has 1 heterocycles. The fourth-order valence-electron chi connectivity index (χ4n) is 1.70. The van der Waals surface area contributed by atoms with E-state index in [1.54, 1.807) is 0 Å². The smallest absolute Gasteiger partial charge is 0.350 e. The monoisotopic (exact) mass is 359 g/mol. The van der Waals surface area contributed by atoms with Gasteiger partial charge in [0.1, 0.15) is 4.88 Å². The van der Waals surface area contributed by atoms with Crippen molar-refractivity contribution in [1.82, 2.24) is 0 Å². The molecule has 6 heteroatoms. The number of carbonyl (C=O) groups excluding carboxylic acids is 1. The summed E-state index contributed by atoms with van der Waals surface area (Å²) in [5.41, 5.74) is 8.10. The van der Waals surface area contributed by atoms with Crippen molar-refractivity contribution >= 4 is 50.5 Å². The molecule has 0 aliphatic heterocycles. The zero-order valence-corrected chi connectivity index (χ0v) is 13.4. The number of esters is 1. The van der Waals surface area contributed by atoms with E-state index in [4.69, 9.17) is 22.1 Å². The highest BCUT2D eigenvalue weighted by Crippen LogP contribution is 2.41. The van der Waals surface area contributed by atoms with Gasteiger partial charge < -0.3 is 10.5 Å². The number of hydrogen-bond acceptors (Lipinski definition) is 4. The summed E-state index contributed by atoms with van der Waals surface area (Å²) in [5, 5.41) is 0.607. The average Bonchev–Trinajstić information content (AvgIpc) is 2.66. The number of nitrogens with two attached hydrogens (primary N) is 1. The summed E-state index contributed by atoms with van der Waals surface area (Å²) in [5.74, 6) is -0.426. The molecule has 0 aliphatic carbocycles. The van der Waals surface area contributed by atoms with Crippen molar-refractivity contribution in [3.05, 3.63) is 38.1 Å². The molecule has 19 heavy (non-hydrogen) atoms. The van der Waals surface area contributed by atoms with Crippen LogP contribution < -0.4 is 5.73 Å². The number of thiophene rings is 1. The Kier molecular flexibility index (Phi) is 4.18. The third kappa shape index (κ3) is 2.63. The zero-order chi connectivity index (χ0) is 14.2. The summed E-state index contributed by atoms with van der Waals surface area (Å²) in [6.07, 6.45) is 0. The quantitative estimate of drug-likeness (QED) is 0.802. The maximum absolute atomic E-state index is 11.6. The Hall–Kier alpha value is -1.04. The van der Waals surface area contributed by atoms with E-state index in [9.17, 15) is 4.79 Å². The molecule has 0 amide bonds. The van der Waals surface area contributed by atoms with Gasteiger partial charge in [-0.15, -0.1) is 11.3 Å². The number of hydrogen-bond donors (Lipinski definition) is 1. The van der Waals surface area contributed by atoms with Gasteiger partial charge in [0.25, 0.3) is 0 Å². The number of methoxy groups -OCH3 is 1. The maximum atomic E-state index is 11.6. The number of rotatable bonds is 2. The lowest BCUT2D eigenvalue weighted by Crippen LogP contribution is -2.01. The van der Waals surface area contributed by atoms with Gasteiger partial charge in [-0.2, -0.15) is 0 Å². The van der Waals surface area contributed by atoms with Gasteiger partial charge in [-0.1, -0.05) is 33.6 Å². The minimum atomic E-state index is -0.426. The molecule has 2 N–H and O–H groups in total. The van der Waals surface area contributed by atoms with Gasteiger partial charge in [0.2, 0.25) is 0 Å². The van der Waals surface area contributed by atoms with E-state index < -0.39 is 5.97 Å². The largest absolute Gasteiger partial charge is 0.465 e. The lowest BCUT2D eigenvalue weighted by molar-refractivity contribution is 0.0607. The standard InChI is InChI=1S/C13H11BrClNO2S/c1-6-10(16)12(13(17)18-2)19-11(6)8-4-3-7(14)5-9(8)15/h3-5H,16H2,1-2H3. The Balaban J connectivity index is 2.60. The van der Waals surface area contributed by atoms with E-state index in [1.165, 1.54) is 18.4 Å². The molecule has 3 nitrogen and oxygen atoms in total. The van der Waals surface area contributed by atoms with Gasteiger partial charge in [-0.25, -0.2) is 4.79 Å². The number of ether oxygens (including phenoxy) is 1. The van der Waals surface area contributed by atoms with Crippen molar-refractivity contribution < 1.29 is 9.53 Å². The number of halogens is 2. The molecule has 2 aromatic rings. The SMILES string of the molecule is COC(=O)c1sc(-c2ccc(Br)cc2Cl)c(C)c1N. The van der Waals surface area contributed by atoms with Crippen LogP contribution >= 0.6 is 38.9 Å². The number of benzene rings is 1. The number of carbonyl (C=O) groups is 1. The molecular formula is C13H11BrClNO2S.